The molecule has 1 aliphatic heterocycles. The number of nitrogens with zero attached hydrogens (tertiary/aromatic N) is 4. The van der Waals surface area contributed by atoms with Gasteiger partial charge in [-0.3, -0.25) is 19.7 Å². The Morgan fingerprint density at radius 3 is 2.62 bits per heavy atom. The molecule has 0 saturated carbocycles. The van der Waals surface area contributed by atoms with Crippen LogP contribution in [0.25, 0.3) is 0 Å². The zero-order valence-corrected chi connectivity index (χ0v) is 18.3. The Kier molecular flexibility index (Phi) is 7.72. The van der Waals surface area contributed by atoms with Gasteiger partial charge in [-0.15, -0.1) is 5.10 Å². The van der Waals surface area contributed by atoms with E-state index in [0.29, 0.717) is 0 Å². The molecule has 1 saturated heterocycles. The summed E-state index contributed by atoms with van der Waals surface area (Å²) < 4.78 is 0. The summed E-state index contributed by atoms with van der Waals surface area (Å²) in [5.41, 5.74) is 7.71. The molecule has 1 heterocycles. The summed E-state index contributed by atoms with van der Waals surface area (Å²) in [4.78, 5) is 36.6. The van der Waals surface area contributed by atoms with Crippen LogP contribution in [0.5, 0.6) is 0 Å². The van der Waals surface area contributed by atoms with E-state index in [2.05, 4.69) is 17.1 Å². The molecule has 9 nitrogen and oxygen atoms in total. The average Bonchev–Trinajstić information content (AvgIpc) is 3.07. The second kappa shape index (κ2) is 10.7. The molecule has 1 atom stereocenters. The number of benzene rings is 2. The van der Waals surface area contributed by atoms with Crippen molar-refractivity contribution in [2.45, 2.75) is 37.9 Å². The number of carbonyl (C=O) groups is 2. The Morgan fingerprint density at radius 1 is 1.19 bits per heavy atom. The normalized spacial score (nSPS) is 17.2. The fourth-order valence-electron chi connectivity index (χ4n) is 3.22. The van der Waals surface area contributed by atoms with E-state index in [1.807, 2.05) is 30.3 Å². The molecule has 32 heavy (non-hydrogen) atoms. The number of unbranched alkanes of at least 4 members (excludes halogenated alkanes) is 1. The summed E-state index contributed by atoms with van der Waals surface area (Å²) >= 11 is 0.964. The molecule has 0 unspecified atom stereocenters. The standard InChI is InChI=1S/C22H23N5O4S/c1-2-3-12-18(15-8-5-4-6-9-15)24-25-22(23)32-19-14-20(28)26(21(19)29)16-10-7-11-17(13-16)27(30)31/h4-11,13,19H,2-3,12,14H2,1H3,(H2,23,25)/b24-18-/t19-/m1/s1. The first-order valence-electron chi connectivity index (χ1n) is 10.1. The molecule has 0 spiro atoms. The maximum absolute atomic E-state index is 12.8. The number of nitro groups is 1. The Balaban J connectivity index is 1.75. The maximum atomic E-state index is 12.8. The first-order chi connectivity index (χ1) is 15.4. The molecule has 0 aliphatic carbocycles. The third-order valence-electron chi connectivity index (χ3n) is 4.81. The fourth-order valence-corrected chi connectivity index (χ4v) is 4.03. The number of rotatable bonds is 8. The molecular weight excluding hydrogens is 430 g/mol. The predicted molar refractivity (Wildman–Crippen MR) is 126 cm³/mol. The highest BCUT2D eigenvalue weighted by atomic mass is 32.2. The second-order valence-electron chi connectivity index (χ2n) is 7.11. The molecule has 2 N–H and O–H groups in total. The Hall–Kier alpha value is -3.53. The third kappa shape index (κ3) is 5.58. The summed E-state index contributed by atoms with van der Waals surface area (Å²) in [6.45, 7) is 2.09. The SMILES string of the molecule is CCCC/C(=N/N=C(N)S[C@@H]1CC(=O)N(c2cccc([N+](=O)[O-])c2)C1=O)c1ccccc1. The van der Waals surface area contributed by atoms with Crippen LogP contribution in [0, 0.1) is 10.1 Å². The quantitative estimate of drug-likeness (QED) is 0.212. The summed E-state index contributed by atoms with van der Waals surface area (Å²) in [5.74, 6) is -0.936. The van der Waals surface area contributed by atoms with E-state index in [1.165, 1.54) is 24.3 Å². The summed E-state index contributed by atoms with van der Waals surface area (Å²) in [7, 11) is 0. The van der Waals surface area contributed by atoms with Gasteiger partial charge < -0.3 is 5.73 Å². The van der Waals surface area contributed by atoms with Crippen LogP contribution < -0.4 is 10.6 Å². The van der Waals surface area contributed by atoms with Gasteiger partial charge in [-0.2, -0.15) is 5.10 Å². The van der Waals surface area contributed by atoms with Gasteiger partial charge in [0.2, 0.25) is 11.8 Å². The molecule has 0 bridgehead atoms. The van der Waals surface area contributed by atoms with Crippen LogP contribution in [-0.4, -0.2) is 32.9 Å². The number of imide groups is 1. The Bertz CT molecular complexity index is 1070. The fraction of sp³-hybridized carbons (Fsp3) is 0.273. The van der Waals surface area contributed by atoms with Crippen molar-refractivity contribution in [3.05, 3.63) is 70.3 Å². The molecule has 10 heteroatoms. The molecule has 166 valence electrons. The van der Waals surface area contributed by atoms with Gasteiger partial charge in [-0.05, 0) is 24.5 Å². The molecule has 1 aliphatic rings. The molecule has 2 aromatic rings. The van der Waals surface area contributed by atoms with Crippen molar-refractivity contribution >= 4 is 45.8 Å². The van der Waals surface area contributed by atoms with Gasteiger partial charge in [0.1, 0.15) is 5.25 Å². The van der Waals surface area contributed by atoms with Crippen LogP contribution in [0.3, 0.4) is 0 Å². The summed E-state index contributed by atoms with van der Waals surface area (Å²) in [5, 5.41) is 18.7. The van der Waals surface area contributed by atoms with Crippen LogP contribution in [0.4, 0.5) is 11.4 Å². The molecule has 2 aromatic carbocycles. The topological polar surface area (TPSA) is 131 Å². The third-order valence-corrected chi connectivity index (χ3v) is 5.79. The summed E-state index contributed by atoms with van der Waals surface area (Å²) in [6.07, 6.45) is 2.62. The van der Waals surface area contributed by atoms with E-state index in [9.17, 15) is 19.7 Å². The van der Waals surface area contributed by atoms with Crippen LogP contribution in [0.2, 0.25) is 0 Å². The van der Waals surface area contributed by atoms with Crippen molar-refractivity contribution in [2.75, 3.05) is 4.90 Å². The van der Waals surface area contributed by atoms with Crippen molar-refractivity contribution < 1.29 is 14.5 Å². The highest BCUT2D eigenvalue weighted by Gasteiger charge is 2.41. The number of hydrogen-bond acceptors (Lipinski definition) is 7. The van der Waals surface area contributed by atoms with E-state index >= 15 is 0 Å². The second-order valence-corrected chi connectivity index (χ2v) is 8.33. The number of amidine groups is 1. The molecular formula is C22H23N5O4S. The summed E-state index contributed by atoms with van der Waals surface area (Å²) in [6, 6.07) is 15.1. The van der Waals surface area contributed by atoms with Gasteiger partial charge >= 0.3 is 0 Å². The lowest BCUT2D eigenvalue weighted by molar-refractivity contribution is -0.384. The maximum Gasteiger partial charge on any atom is 0.271 e. The minimum absolute atomic E-state index is 0.0713. The smallest absolute Gasteiger partial charge is 0.271 e. The highest BCUT2D eigenvalue weighted by Crippen LogP contribution is 2.31. The largest absolute Gasteiger partial charge is 0.377 e. The number of amides is 2. The van der Waals surface area contributed by atoms with E-state index in [1.54, 1.807) is 0 Å². The van der Waals surface area contributed by atoms with Crippen molar-refractivity contribution in [3.8, 4) is 0 Å². The van der Waals surface area contributed by atoms with Gasteiger partial charge in [0.25, 0.3) is 5.69 Å². The first-order valence-corrected chi connectivity index (χ1v) is 11.0. The van der Waals surface area contributed by atoms with Crippen LogP contribution in [-0.2, 0) is 9.59 Å². The lowest BCUT2D eigenvalue weighted by Crippen LogP contribution is -2.31. The van der Waals surface area contributed by atoms with Crippen LogP contribution in [0.1, 0.15) is 38.2 Å². The number of carbonyl (C=O) groups excluding carboxylic acids is 2. The number of non-ortho nitro benzene ring substituents is 1. The molecule has 0 aromatic heterocycles. The van der Waals surface area contributed by atoms with E-state index < -0.39 is 22.0 Å². The van der Waals surface area contributed by atoms with Crippen molar-refractivity contribution in [2.24, 2.45) is 15.9 Å². The van der Waals surface area contributed by atoms with Crippen molar-refractivity contribution in [1.82, 2.24) is 0 Å². The van der Waals surface area contributed by atoms with Crippen LogP contribution >= 0.6 is 11.8 Å². The number of nitro benzene ring substituents is 1. The number of anilines is 1. The molecule has 0 radical (unpaired) electrons. The molecule has 3 rings (SSSR count). The van der Waals surface area contributed by atoms with Gasteiger partial charge in [0, 0.05) is 18.6 Å². The van der Waals surface area contributed by atoms with Gasteiger partial charge in [0.05, 0.1) is 16.3 Å². The number of hydrogen-bond donors (Lipinski definition) is 1. The minimum atomic E-state index is -0.767. The van der Waals surface area contributed by atoms with E-state index in [-0.39, 0.29) is 23.0 Å². The van der Waals surface area contributed by atoms with E-state index in [4.69, 9.17) is 5.73 Å². The molecule has 1 fully saturated rings. The lowest BCUT2D eigenvalue weighted by Gasteiger charge is -2.14. The molecule has 2 amide bonds. The minimum Gasteiger partial charge on any atom is -0.377 e. The lowest BCUT2D eigenvalue weighted by atomic mass is 10.1. The van der Waals surface area contributed by atoms with Gasteiger partial charge in [-0.25, -0.2) is 4.90 Å². The van der Waals surface area contributed by atoms with Gasteiger partial charge in [0.15, 0.2) is 5.17 Å². The number of nitrogens with two attached hydrogens (primary N) is 1. The van der Waals surface area contributed by atoms with E-state index in [0.717, 1.165) is 47.2 Å². The van der Waals surface area contributed by atoms with Gasteiger partial charge in [-0.1, -0.05) is 61.5 Å². The number of thioether (sulfide) groups is 1. The zero-order chi connectivity index (χ0) is 23.1. The average molecular weight is 454 g/mol. The first kappa shape index (κ1) is 23.1. The van der Waals surface area contributed by atoms with Crippen molar-refractivity contribution in [3.63, 3.8) is 0 Å². The Labute approximate surface area is 189 Å². The predicted octanol–water partition coefficient (Wildman–Crippen LogP) is 3.87. The monoisotopic (exact) mass is 453 g/mol. The van der Waals surface area contributed by atoms with Crippen LogP contribution in [0.15, 0.2) is 64.8 Å². The highest BCUT2D eigenvalue weighted by molar-refractivity contribution is 8.14. The Morgan fingerprint density at radius 2 is 1.94 bits per heavy atom. The zero-order valence-electron chi connectivity index (χ0n) is 17.5. The van der Waals surface area contributed by atoms with Crippen molar-refractivity contribution in [1.29, 1.82) is 0 Å².